The lowest BCUT2D eigenvalue weighted by molar-refractivity contribution is -0.618. The topological polar surface area (TPSA) is 36.2 Å². The molecule has 0 aliphatic heterocycles. The van der Waals surface area contributed by atoms with Crippen molar-refractivity contribution in [3.05, 3.63) is 35.3 Å². The van der Waals surface area contributed by atoms with Crippen molar-refractivity contribution in [1.29, 1.82) is 0 Å². The summed E-state index contributed by atoms with van der Waals surface area (Å²) in [5.41, 5.74) is 0.634. The van der Waals surface area contributed by atoms with Crippen LogP contribution in [0.3, 0.4) is 0 Å². The van der Waals surface area contributed by atoms with Crippen LogP contribution in [-0.2, 0) is 4.74 Å². The quantitative estimate of drug-likeness (QED) is 0.470. The zero-order valence-electron chi connectivity index (χ0n) is 6.65. The first-order valence-corrected chi connectivity index (χ1v) is 3.46. The third-order valence-electron chi connectivity index (χ3n) is 1.62. The smallest absolute Gasteiger partial charge is 0.221 e. The van der Waals surface area contributed by atoms with Gasteiger partial charge in [0.2, 0.25) is 5.69 Å². The standard InChI is InChI=1S/C8H11NO2/c1-7(11-2)8-5-3-4-6-9(8)10/h3-7H,1-2H3/t7-/m0/s1. The van der Waals surface area contributed by atoms with Crippen molar-refractivity contribution in [2.75, 3.05) is 7.11 Å². The van der Waals surface area contributed by atoms with Crippen LogP contribution >= 0.6 is 0 Å². The molecule has 0 aromatic carbocycles. The first-order chi connectivity index (χ1) is 5.25. The average Bonchev–Trinajstić information content (AvgIpc) is 2.04. The second kappa shape index (κ2) is 3.34. The van der Waals surface area contributed by atoms with Gasteiger partial charge in [-0.1, -0.05) is 0 Å². The molecule has 3 nitrogen and oxygen atoms in total. The molecule has 3 heteroatoms. The second-order valence-corrected chi connectivity index (χ2v) is 2.33. The highest BCUT2D eigenvalue weighted by Crippen LogP contribution is 2.09. The van der Waals surface area contributed by atoms with Gasteiger partial charge in [-0.25, -0.2) is 0 Å². The number of methoxy groups -OCH3 is 1. The third-order valence-corrected chi connectivity index (χ3v) is 1.62. The van der Waals surface area contributed by atoms with E-state index in [0.717, 1.165) is 4.73 Å². The Hall–Kier alpha value is -1.09. The van der Waals surface area contributed by atoms with Gasteiger partial charge in [0.25, 0.3) is 0 Å². The minimum Gasteiger partial charge on any atom is -0.618 e. The maximum Gasteiger partial charge on any atom is 0.221 e. The Morgan fingerprint density at radius 1 is 1.55 bits per heavy atom. The highest BCUT2D eigenvalue weighted by atomic mass is 16.5. The molecule has 0 radical (unpaired) electrons. The van der Waals surface area contributed by atoms with Gasteiger partial charge in [0.05, 0.1) is 0 Å². The van der Waals surface area contributed by atoms with E-state index >= 15 is 0 Å². The Bertz CT molecular complexity index is 237. The van der Waals surface area contributed by atoms with Crippen LogP contribution in [0.1, 0.15) is 18.7 Å². The second-order valence-electron chi connectivity index (χ2n) is 2.33. The van der Waals surface area contributed by atoms with Crippen molar-refractivity contribution < 1.29 is 9.47 Å². The molecule has 0 saturated heterocycles. The normalized spacial score (nSPS) is 12.9. The molecule has 0 aliphatic rings. The summed E-state index contributed by atoms with van der Waals surface area (Å²) >= 11 is 0. The number of aromatic nitrogens is 1. The zero-order chi connectivity index (χ0) is 8.27. The van der Waals surface area contributed by atoms with E-state index < -0.39 is 0 Å². The molecule has 11 heavy (non-hydrogen) atoms. The molecule has 0 saturated carbocycles. The fourth-order valence-corrected chi connectivity index (χ4v) is 0.877. The van der Waals surface area contributed by atoms with E-state index in [9.17, 15) is 5.21 Å². The molecule has 0 amide bonds. The summed E-state index contributed by atoms with van der Waals surface area (Å²) in [7, 11) is 1.58. The number of pyridine rings is 1. The minimum atomic E-state index is -0.145. The summed E-state index contributed by atoms with van der Waals surface area (Å²) in [4.78, 5) is 0. The third kappa shape index (κ3) is 1.68. The molecule has 0 aliphatic carbocycles. The van der Waals surface area contributed by atoms with Crippen LogP contribution in [0, 0.1) is 5.21 Å². The average molecular weight is 153 g/mol. The van der Waals surface area contributed by atoms with Crippen LogP contribution in [0.2, 0.25) is 0 Å². The molecule has 1 aromatic rings. The van der Waals surface area contributed by atoms with Gasteiger partial charge < -0.3 is 9.94 Å². The van der Waals surface area contributed by atoms with E-state index in [-0.39, 0.29) is 6.10 Å². The van der Waals surface area contributed by atoms with Gasteiger partial charge in [-0.3, -0.25) is 0 Å². The summed E-state index contributed by atoms with van der Waals surface area (Å²) in [5, 5.41) is 11.1. The molecule has 0 unspecified atom stereocenters. The molecule has 1 heterocycles. The maximum atomic E-state index is 11.1. The number of ether oxygens (including phenoxy) is 1. The van der Waals surface area contributed by atoms with Crippen molar-refractivity contribution in [1.82, 2.24) is 0 Å². The van der Waals surface area contributed by atoms with Crippen molar-refractivity contribution in [3.63, 3.8) is 0 Å². The van der Waals surface area contributed by atoms with E-state index in [0.29, 0.717) is 5.69 Å². The van der Waals surface area contributed by atoms with Crippen LogP contribution in [0.15, 0.2) is 24.4 Å². The van der Waals surface area contributed by atoms with E-state index in [1.165, 1.54) is 6.20 Å². The molecule has 0 fully saturated rings. The molecule has 1 atom stereocenters. The van der Waals surface area contributed by atoms with E-state index in [1.807, 2.05) is 13.0 Å². The first-order valence-electron chi connectivity index (χ1n) is 3.46. The largest absolute Gasteiger partial charge is 0.618 e. The Kier molecular flexibility index (Phi) is 2.44. The first kappa shape index (κ1) is 8.01. The summed E-state index contributed by atoms with van der Waals surface area (Å²) in [5.74, 6) is 0. The van der Waals surface area contributed by atoms with Crippen molar-refractivity contribution in [3.8, 4) is 0 Å². The van der Waals surface area contributed by atoms with E-state index in [1.54, 1.807) is 19.2 Å². The molecular formula is C8H11NO2. The molecule has 1 aromatic heterocycles. The van der Waals surface area contributed by atoms with Crippen LogP contribution in [0.4, 0.5) is 0 Å². The lowest BCUT2D eigenvalue weighted by Crippen LogP contribution is -2.32. The molecule has 0 bridgehead atoms. The predicted octanol–water partition coefficient (Wildman–Crippen LogP) is 1.03. The van der Waals surface area contributed by atoms with Crippen LogP contribution in [-0.4, -0.2) is 7.11 Å². The van der Waals surface area contributed by atoms with Crippen LogP contribution in [0.5, 0.6) is 0 Å². The van der Waals surface area contributed by atoms with Gasteiger partial charge in [-0.15, -0.1) is 0 Å². The predicted molar refractivity (Wildman–Crippen MR) is 40.8 cm³/mol. The lowest BCUT2D eigenvalue weighted by atomic mass is 10.2. The van der Waals surface area contributed by atoms with Gasteiger partial charge in [0, 0.05) is 19.2 Å². The molecular weight excluding hydrogens is 142 g/mol. The van der Waals surface area contributed by atoms with E-state index in [4.69, 9.17) is 4.74 Å². The number of rotatable bonds is 2. The van der Waals surface area contributed by atoms with Gasteiger partial charge in [0.1, 0.15) is 6.10 Å². The fourth-order valence-electron chi connectivity index (χ4n) is 0.877. The van der Waals surface area contributed by atoms with E-state index in [2.05, 4.69) is 0 Å². The number of hydrogen-bond acceptors (Lipinski definition) is 2. The number of hydrogen-bond donors (Lipinski definition) is 0. The monoisotopic (exact) mass is 153 g/mol. The summed E-state index contributed by atoms with van der Waals surface area (Å²) < 4.78 is 5.81. The Balaban J connectivity index is 2.93. The summed E-state index contributed by atoms with van der Waals surface area (Å²) in [6.45, 7) is 1.84. The van der Waals surface area contributed by atoms with Gasteiger partial charge in [-0.2, -0.15) is 4.73 Å². The van der Waals surface area contributed by atoms with Crippen LogP contribution in [0.25, 0.3) is 0 Å². The Morgan fingerprint density at radius 3 is 2.82 bits per heavy atom. The Morgan fingerprint density at radius 2 is 2.27 bits per heavy atom. The van der Waals surface area contributed by atoms with Gasteiger partial charge in [0.15, 0.2) is 6.20 Å². The molecule has 1 rings (SSSR count). The summed E-state index contributed by atoms with van der Waals surface area (Å²) in [6.07, 6.45) is 1.32. The molecule has 0 N–H and O–H groups in total. The van der Waals surface area contributed by atoms with Gasteiger partial charge >= 0.3 is 0 Å². The maximum absolute atomic E-state index is 11.1. The van der Waals surface area contributed by atoms with Gasteiger partial charge in [-0.05, 0) is 13.0 Å². The Labute approximate surface area is 65.8 Å². The highest BCUT2D eigenvalue weighted by Gasteiger charge is 2.11. The minimum absolute atomic E-state index is 0.145. The van der Waals surface area contributed by atoms with Crippen LogP contribution < -0.4 is 4.73 Å². The van der Waals surface area contributed by atoms with Crippen molar-refractivity contribution in [2.24, 2.45) is 0 Å². The molecule has 60 valence electrons. The number of nitrogens with zero attached hydrogens (tertiary/aromatic N) is 1. The highest BCUT2D eigenvalue weighted by molar-refractivity contribution is 5.00. The summed E-state index contributed by atoms with van der Waals surface area (Å²) in [6, 6.07) is 5.26. The fraction of sp³-hybridized carbons (Fsp3) is 0.375. The molecule has 0 spiro atoms. The van der Waals surface area contributed by atoms with Crippen molar-refractivity contribution >= 4 is 0 Å². The van der Waals surface area contributed by atoms with Crippen molar-refractivity contribution in [2.45, 2.75) is 13.0 Å². The zero-order valence-corrected chi connectivity index (χ0v) is 6.65. The lowest BCUT2D eigenvalue weighted by Gasteiger charge is -2.08. The SMILES string of the molecule is CO[C@@H](C)c1cccc[n+]1[O-].